The van der Waals surface area contributed by atoms with Crippen LogP contribution in [0.15, 0.2) is 48.5 Å². The van der Waals surface area contributed by atoms with Gasteiger partial charge in [-0.1, -0.05) is 36.4 Å². The van der Waals surface area contributed by atoms with Gasteiger partial charge < -0.3 is 9.80 Å². The summed E-state index contributed by atoms with van der Waals surface area (Å²) < 4.78 is 13.3. The predicted octanol–water partition coefficient (Wildman–Crippen LogP) is 2.73. The van der Waals surface area contributed by atoms with Crippen molar-refractivity contribution in [1.29, 1.82) is 0 Å². The maximum atomic E-state index is 13.3. The van der Waals surface area contributed by atoms with E-state index in [0.717, 1.165) is 17.5 Å². The Morgan fingerprint density at radius 2 is 2.00 bits per heavy atom. The van der Waals surface area contributed by atoms with Gasteiger partial charge in [-0.25, -0.2) is 4.39 Å². The van der Waals surface area contributed by atoms with E-state index >= 15 is 0 Å². The Labute approximate surface area is 152 Å². The molecule has 2 heterocycles. The van der Waals surface area contributed by atoms with Crippen LogP contribution in [-0.4, -0.2) is 41.2 Å². The smallest absolute Gasteiger partial charge is 0.242 e. The van der Waals surface area contributed by atoms with Crippen molar-refractivity contribution >= 4 is 11.8 Å². The molecule has 134 valence electrons. The van der Waals surface area contributed by atoms with Crippen molar-refractivity contribution in [2.75, 3.05) is 19.6 Å². The quantitative estimate of drug-likeness (QED) is 0.852. The first-order valence-electron chi connectivity index (χ1n) is 9.01. The van der Waals surface area contributed by atoms with Crippen LogP contribution in [0, 0.1) is 5.82 Å². The third kappa shape index (κ3) is 3.21. The molecule has 0 aromatic heterocycles. The molecule has 2 amide bonds. The van der Waals surface area contributed by atoms with E-state index in [1.54, 1.807) is 11.0 Å². The lowest BCUT2D eigenvalue weighted by Gasteiger charge is -2.44. The summed E-state index contributed by atoms with van der Waals surface area (Å²) in [6.45, 7) is 1.39. The molecule has 2 aromatic rings. The van der Waals surface area contributed by atoms with Gasteiger partial charge >= 0.3 is 0 Å². The average molecular weight is 352 g/mol. The van der Waals surface area contributed by atoms with E-state index in [9.17, 15) is 14.0 Å². The van der Waals surface area contributed by atoms with E-state index in [1.165, 1.54) is 17.7 Å². The fourth-order valence-electron chi connectivity index (χ4n) is 3.97. The molecule has 0 saturated carbocycles. The first-order valence-corrected chi connectivity index (χ1v) is 9.01. The second-order valence-electron chi connectivity index (χ2n) is 6.96. The van der Waals surface area contributed by atoms with Gasteiger partial charge in [-0.3, -0.25) is 9.59 Å². The summed E-state index contributed by atoms with van der Waals surface area (Å²) in [6, 6.07) is 14.4. The second-order valence-corrected chi connectivity index (χ2v) is 6.96. The molecule has 0 aliphatic carbocycles. The number of carbonyl (C=O) groups excluding carboxylic acids is 2. The number of carbonyl (C=O) groups is 2. The minimum Gasteiger partial charge on any atom is -0.332 e. The maximum Gasteiger partial charge on any atom is 0.242 e. The van der Waals surface area contributed by atoms with Crippen molar-refractivity contribution in [3.8, 4) is 0 Å². The van der Waals surface area contributed by atoms with Crippen molar-refractivity contribution in [1.82, 2.24) is 9.80 Å². The Hall–Kier alpha value is -2.69. The molecule has 4 nitrogen and oxygen atoms in total. The number of benzene rings is 2. The van der Waals surface area contributed by atoms with Crippen molar-refractivity contribution in [3.63, 3.8) is 0 Å². The average Bonchev–Trinajstić information content (AvgIpc) is 2.66. The van der Waals surface area contributed by atoms with E-state index in [2.05, 4.69) is 12.1 Å². The summed E-state index contributed by atoms with van der Waals surface area (Å²) in [6.07, 6.45) is 1.63. The SMILES string of the molecule is O=C(CCc1cccc(F)c1)N1CC(=O)N2CCc3ccccc3C2C1. The lowest BCUT2D eigenvalue weighted by Crippen LogP contribution is -2.55. The fourth-order valence-corrected chi connectivity index (χ4v) is 3.97. The van der Waals surface area contributed by atoms with Crippen LogP contribution < -0.4 is 0 Å². The van der Waals surface area contributed by atoms with Crippen LogP contribution >= 0.6 is 0 Å². The zero-order valence-corrected chi connectivity index (χ0v) is 14.5. The molecule has 0 radical (unpaired) electrons. The van der Waals surface area contributed by atoms with Crippen LogP contribution in [-0.2, 0) is 22.4 Å². The van der Waals surface area contributed by atoms with Crippen LogP contribution in [0.1, 0.15) is 29.2 Å². The summed E-state index contributed by atoms with van der Waals surface area (Å²) in [7, 11) is 0. The summed E-state index contributed by atoms with van der Waals surface area (Å²) in [5.74, 6) is -0.335. The van der Waals surface area contributed by atoms with E-state index in [0.29, 0.717) is 19.5 Å². The summed E-state index contributed by atoms with van der Waals surface area (Å²) in [5.41, 5.74) is 3.21. The highest BCUT2D eigenvalue weighted by Crippen LogP contribution is 2.33. The summed E-state index contributed by atoms with van der Waals surface area (Å²) in [5, 5.41) is 0. The van der Waals surface area contributed by atoms with Gasteiger partial charge in [-0.15, -0.1) is 0 Å². The zero-order valence-electron chi connectivity index (χ0n) is 14.5. The zero-order chi connectivity index (χ0) is 18.1. The number of hydrogen-bond donors (Lipinski definition) is 0. The molecule has 0 bridgehead atoms. The van der Waals surface area contributed by atoms with Crippen LogP contribution in [0.4, 0.5) is 4.39 Å². The Morgan fingerprint density at radius 3 is 2.85 bits per heavy atom. The van der Waals surface area contributed by atoms with E-state index in [-0.39, 0.29) is 36.6 Å². The van der Waals surface area contributed by atoms with Crippen molar-refractivity contribution in [2.45, 2.75) is 25.3 Å². The van der Waals surface area contributed by atoms with Crippen LogP contribution in [0.5, 0.6) is 0 Å². The molecule has 0 spiro atoms. The molecule has 4 rings (SSSR count). The first kappa shape index (κ1) is 16.8. The maximum absolute atomic E-state index is 13.3. The molecule has 2 aliphatic heterocycles. The van der Waals surface area contributed by atoms with E-state index in [4.69, 9.17) is 0 Å². The molecule has 1 fully saturated rings. The normalized spacial score (nSPS) is 19.1. The molecule has 2 aliphatic rings. The fraction of sp³-hybridized carbons (Fsp3) is 0.333. The van der Waals surface area contributed by atoms with Crippen molar-refractivity contribution in [3.05, 3.63) is 71.0 Å². The molecule has 5 heteroatoms. The number of aryl methyl sites for hydroxylation is 1. The largest absolute Gasteiger partial charge is 0.332 e. The topological polar surface area (TPSA) is 40.6 Å². The second kappa shape index (κ2) is 6.90. The Kier molecular flexibility index (Phi) is 4.45. The molecule has 1 saturated heterocycles. The molecule has 1 atom stereocenters. The minimum absolute atomic E-state index is 0.00913. The Bertz CT molecular complexity index is 851. The van der Waals surface area contributed by atoms with E-state index < -0.39 is 0 Å². The Morgan fingerprint density at radius 1 is 1.15 bits per heavy atom. The first-order chi connectivity index (χ1) is 12.6. The van der Waals surface area contributed by atoms with Gasteiger partial charge in [0.25, 0.3) is 0 Å². The third-order valence-corrected chi connectivity index (χ3v) is 5.32. The van der Waals surface area contributed by atoms with Gasteiger partial charge in [0.1, 0.15) is 5.82 Å². The number of hydrogen-bond acceptors (Lipinski definition) is 2. The highest BCUT2D eigenvalue weighted by molar-refractivity contribution is 5.87. The lowest BCUT2D eigenvalue weighted by molar-refractivity contribution is -0.149. The van der Waals surface area contributed by atoms with Crippen molar-refractivity contribution in [2.24, 2.45) is 0 Å². The molecular weight excluding hydrogens is 331 g/mol. The third-order valence-electron chi connectivity index (χ3n) is 5.32. The number of halogens is 1. The molecule has 2 aromatic carbocycles. The molecule has 26 heavy (non-hydrogen) atoms. The number of piperazine rings is 1. The lowest BCUT2D eigenvalue weighted by atomic mass is 9.90. The van der Waals surface area contributed by atoms with Gasteiger partial charge in [-0.2, -0.15) is 0 Å². The predicted molar refractivity (Wildman–Crippen MR) is 95.9 cm³/mol. The number of fused-ring (bicyclic) bond motifs is 3. The number of amides is 2. The number of rotatable bonds is 3. The van der Waals surface area contributed by atoms with Crippen molar-refractivity contribution < 1.29 is 14.0 Å². The summed E-state index contributed by atoms with van der Waals surface area (Å²) >= 11 is 0. The monoisotopic (exact) mass is 352 g/mol. The van der Waals surface area contributed by atoms with Gasteiger partial charge in [0, 0.05) is 19.5 Å². The van der Waals surface area contributed by atoms with Crippen LogP contribution in [0.3, 0.4) is 0 Å². The minimum atomic E-state index is -0.294. The van der Waals surface area contributed by atoms with Gasteiger partial charge in [-0.05, 0) is 41.7 Å². The molecule has 0 N–H and O–H groups in total. The van der Waals surface area contributed by atoms with Crippen LogP contribution in [0.2, 0.25) is 0 Å². The van der Waals surface area contributed by atoms with Gasteiger partial charge in [0.2, 0.25) is 11.8 Å². The van der Waals surface area contributed by atoms with E-state index in [1.807, 2.05) is 23.1 Å². The Balaban J connectivity index is 1.47. The highest BCUT2D eigenvalue weighted by Gasteiger charge is 2.38. The molecule has 1 unspecified atom stereocenters. The summed E-state index contributed by atoms with van der Waals surface area (Å²) in [4.78, 5) is 28.8. The highest BCUT2D eigenvalue weighted by atomic mass is 19.1. The van der Waals surface area contributed by atoms with Gasteiger partial charge in [0.15, 0.2) is 0 Å². The van der Waals surface area contributed by atoms with Crippen LogP contribution in [0.25, 0.3) is 0 Å². The standard InChI is InChI=1S/C21H21FN2O2/c22-17-6-3-4-15(12-17)8-9-20(25)23-13-19-18-7-2-1-5-16(18)10-11-24(19)21(26)14-23/h1-7,12,19H,8-11,13-14H2. The number of nitrogens with zero attached hydrogens (tertiary/aromatic N) is 2. The molecular formula is C21H21FN2O2. The van der Waals surface area contributed by atoms with Gasteiger partial charge in [0.05, 0.1) is 12.6 Å².